The number of hydrogen-bond donors (Lipinski definition) is 1. The van der Waals surface area contributed by atoms with Crippen molar-refractivity contribution in [2.75, 3.05) is 18.8 Å². The summed E-state index contributed by atoms with van der Waals surface area (Å²) >= 11 is 0. The molecule has 5 nitrogen and oxygen atoms in total. The number of piperidine rings is 1. The third-order valence-electron chi connectivity index (χ3n) is 4.04. The van der Waals surface area contributed by atoms with Crippen molar-refractivity contribution in [3.05, 3.63) is 23.8 Å². The molecule has 6 heteroatoms. The van der Waals surface area contributed by atoms with Crippen molar-refractivity contribution in [1.29, 1.82) is 5.26 Å². The lowest BCUT2D eigenvalue weighted by Crippen LogP contribution is -2.42. The van der Waals surface area contributed by atoms with Crippen molar-refractivity contribution in [2.24, 2.45) is 11.8 Å². The molecule has 0 bridgehead atoms. The van der Waals surface area contributed by atoms with Crippen molar-refractivity contribution in [3.8, 4) is 6.07 Å². The molecule has 0 saturated carbocycles. The summed E-state index contributed by atoms with van der Waals surface area (Å²) in [7, 11) is -3.62. The van der Waals surface area contributed by atoms with Crippen LogP contribution < -0.4 is 5.73 Å². The quantitative estimate of drug-likeness (QED) is 0.842. The number of anilines is 1. The van der Waals surface area contributed by atoms with Crippen LogP contribution in [0.15, 0.2) is 23.1 Å². The average Bonchev–Trinajstić information content (AvgIpc) is 2.41. The average molecular weight is 293 g/mol. The molecule has 0 aromatic heterocycles. The number of nitrogens with zero attached hydrogens (tertiary/aromatic N) is 2. The van der Waals surface area contributed by atoms with Crippen molar-refractivity contribution in [2.45, 2.75) is 25.2 Å². The number of nitriles is 1. The van der Waals surface area contributed by atoms with Gasteiger partial charge in [0.15, 0.2) is 0 Å². The van der Waals surface area contributed by atoms with Gasteiger partial charge in [0, 0.05) is 18.8 Å². The van der Waals surface area contributed by atoms with Gasteiger partial charge in [0.1, 0.15) is 11.0 Å². The first-order valence-corrected chi connectivity index (χ1v) is 8.10. The van der Waals surface area contributed by atoms with E-state index < -0.39 is 10.0 Å². The summed E-state index contributed by atoms with van der Waals surface area (Å²) in [5.74, 6) is 0.834. The largest absolute Gasteiger partial charge is 0.399 e. The second kappa shape index (κ2) is 5.43. The Kier molecular flexibility index (Phi) is 4.02. The molecule has 1 saturated heterocycles. The molecular weight excluding hydrogens is 274 g/mol. The van der Waals surface area contributed by atoms with Crippen LogP contribution in [0.25, 0.3) is 0 Å². The summed E-state index contributed by atoms with van der Waals surface area (Å²) in [6.45, 7) is 5.20. The number of hydrogen-bond acceptors (Lipinski definition) is 4. The summed E-state index contributed by atoms with van der Waals surface area (Å²) < 4.78 is 26.8. The fourth-order valence-corrected chi connectivity index (χ4v) is 4.12. The minimum absolute atomic E-state index is 0.0518. The van der Waals surface area contributed by atoms with E-state index in [0.29, 0.717) is 30.6 Å². The van der Waals surface area contributed by atoms with Gasteiger partial charge in [-0.1, -0.05) is 13.8 Å². The van der Waals surface area contributed by atoms with E-state index >= 15 is 0 Å². The van der Waals surface area contributed by atoms with Gasteiger partial charge >= 0.3 is 0 Å². The Bertz CT molecular complexity index is 649. The van der Waals surface area contributed by atoms with Crippen LogP contribution in [0.2, 0.25) is 0 Å². The maximum Gasteiger partial charge on any atom is 0.244 e. The van der Waals surface area contributed by atoms with Crippen LogP contribution >= 0.6 is 0 Å². The molecule has 0 spiro atoms. The first-order chi connectivity index (χ1) is 9.36. The van der Waals surface area contributed by atoms with Crippen molar-refractivity contribution < 1.29 is 8.42 Å². The summed E-state index contributed by atoms with van der Waals surface area (Å²) in [6.07, 6.45) is 0.845. The number of benzene rings is 1. The zero-order chi connectivity index (χ0) is 14.9. The van der Waals surface area contributed by atoms with Gasteiger partial charge in [-0.05, 0) is 36.5 Å². The lowest BCUT2D eigenvalue weighted by atomic mass is 9.90. The predicted molar refractivity (Wildman–Crippen MR) is 77.3 cm³/mol. The molecule has 108 valence electrons. The van der Waals surface area contributed by atoms with E-state index in [1.54, 1.807) is 0 Å². The third-order valence-corrected chi connectivity index (χ3v) is 5.96. The van der Waals surface area contributed by atoms with Gasteiger partial charge in [-0.25, -0.2) is 8.42 Å². The Morgan fingerprint density at radius 3 is 2.65 bits per heavy atom. The van der Waals surface area contributed by atoms with E-state index in [0.717, 1.165) is 6.42 Å². The van der Waals surface area contributed by atoms with Gasteiger partial charge in [0.25, 0.3) is 0 Å². The standard InChI is InChI=1S/C14H19N3O2S/c1-10-5-6-17(9-11(10)2)20(18,19)14-4-3-13(16)7-12(14)8-15/h3-4,7,10-11H,5-6,9,16H2,1-2H3. The Morgan fingerprint density at radius 1 is 1.35 bits per heavy atom. The summed E-state index contributed by atoms with van der Waals surface area (Å²) in [5, 5.41) is 9.11. The molecule has 1 aromatic rings. The monoisotopic (exact) mass is 293 g/mol. The zero-order valence-corrected chi connectivity index (χ0v) is 12.5. The van der Waals surface area contributed by atoms with Gasteiger partial charge < -0.3 is 5.73 Å². The molecule has 0 aliphatic carbocycles. The molecule has 1 aliphatic heterocycles. The van der Waals surface area contributed by atoms with Gasteiger partial charge in [0.2, 0.25) is 10.0 Å². The van der Waals surface area contributed by atoms with Gasteiger partial charge in [0.05, 0.1) is 5.56 Å². The van der Waals surface area contributed by atoms with E-state index in [-0.39, 0.29) is 10.5 Å². The van der Waals surface area contributed by atoms with Crippen LogP contribution in [0.1, 0.15) is 25.8 Å². The fourth-order valence-electron chi connectivity index (χ4n) is 2.44. The van der Waals surface area contributed by atoms with Crippen molar-refractivity contribution in [3.63, 3.8) is 0 Å². The Balaban J connectivity index is 2.39. The Hall–Kier alpha value is -1.58. The number of nitrogen functional groups attached to an aromatic ring is 1. The van der Waals surface area contributed by atoms with E-state index in [2.05, 4.69) is 13.8 Å². The first kappa shape index (κ1) is 14.8. The highest BCUT2D eigenvalue weighted by molar-refractivity contribution is 7.89. The van der Waals surface area contributed by atoms with E-state index in [4.69, 9.17) is 11.0 Å². The first-order valence-electron chi connectivity index (χ1n) is 6.66. The molecule has 2 rings (SSSR count). The lowest BCUT2D eigenvalue weighted by molar-refractivity contribution is 0.212. The highest BCUT2D eigenvalue weighted by Crippen LogP contribution is 2.29. The molecule has 20 heavy (non-hydrogen) atoms. The highest BCUT2D eigenvalue weighted by atomic mass is 32.2. The maximum atomic E-state index is 12.7. The fraction of sp³-hybridized carbons (Fsp3) is 0.500. The molecule has 0 radical (unpaired) electrons. The summed E-state index contributed by atoms with van der Waals surface area (Å²) in [5.41, 5.74) is 6.10. The summed E-state index contributed by atoms with van der Waals surface area (Å²) in [6, 6.07) is 6.26. The Morgan fingerprint density at radius 2 is 2.05 bits per heavy atom. The van der Waals surface area contributed by atoms with Crippen LogP contribution in [0.5, 0.6) is 0 Å². The van der Waals surface area contributed by atoms with E-state index in [1.807, 2.05) is 6.07 Å². The smallest absolute Gasteiger partial charge is 0.244 e. The minimum atomic E-state index is -3.62. The molecule has 1 aromatic carbocycles. The number of sulfonamides is 1. The second-order valence-electron chi connectivity index (χ2n) is 5.47. The second-order valence-corrected chi connectivity index (χ2v) is 7.38. The van der Waals surface area contributed by atoms with Gasteiger partial charge in [-0.2, -0.15) is 9.57 Å². The highest BCUT2D eigenvalue weighted by Gasteiger charge is 2.33. The number of rotatable bonds is 2. The van der Waals surface area contributed by atoms with Crippen LogP contribution in [-0.2, 0) is 10.0 Å². The van der Waals surface area contributed by atoms with Crippen LogP contribution in [0.4, 0.5) is 5.69 Å². The molecule has 2 unspecified atom stereocenters. The lowest BCUT2D eigenvalue weighted by Gasteiger charge is -2.34. The van der Waals surface area contributed by atoms with Crippen LogP contribution in [0, 0.1) is 23.2 Å². The molecule has 2 atom stereocenters. The molecular formula is C14H19N3O2S. The SMILES string of the molecule is CC1CCN(S(=O)(=O)c2ccc(N)cc2C#N)CC1C. The third kappa shape index (κ3) is 2.65. The molecule has 1 fully saturated rings. The summed E-state index contributed by atoms with van der Waals surface area (Å²) in [4.78, 5) is 0.0518. The molecule has 1 heterocycles. The van der Waals surface area contributed by atoms with Gasteiger partial charge in [-0.3, -0.25) is 0 Å². The van der Waals surface area contributed by atoms with Crippen LogP contribution in [0.3, 0.4) is 0 Å². The molecule has 2 N–H and O–H groups in total. The van der Waals surface area contributed by atoms with E-state index in [9.17, 15) is 8.42 Å². The molecule has 0 amide bonds. The van der Waals surface area contributed by atoms with Crippen LogP contribution in [-0.4, -0.2) is 25.8 Å². The minimum Gasteiger partial charge on any atom is -0.399 e. The number of nitrogens with two attached hydrogens (primary N) is 1. The topological polar surface area (TPSA) is 87.2 Å². The maximum absolute atomic E-state index is 12.7. The van der Waals surface area contributed by atoms with Crippen molar-refractivity contribution in [1.82, 2.24) is 4.31 Å². The zero-order valence-electron chi connectivity index (χ0n) is 11.7. The predicted octanol–water partition coefficient (Wildman–Crippen LogP) is 1.81. The molecule has 1 aliphatic rings. The van der Waals surface area contributed by atoms with Crippen molar-refractivity contribution >= 4 is 15.7 Å². The van der Waals surface area contributed by atoms with E-state index in [1.165, 1.54) is 22.5 Å². The normalized spacial score (nSPS) is 24.2. The van der Waals surface area contributed by atoms with Gasteiger partial charge in [-0.15, -0.1) is 0 Å². The Labute approximate surface area is 120 Å².